The van der Waals surface area contributed by atoms with Crippen LogP contribution in [0.3, 0.4) is 0 Å². The Kier molecular flexibility index (Phi) is 7.42. The van der Waals surface area contributed by atoms with E-state index in [4.69, 9.17) is 19.4 Å². The Morgan fingerprint density at radius 2 is 0.857 bits per heavy atom. The highest BCUT2D eigenvalue weighted by molar-refractivity contribution is 6.15. The van der Waals surface area contributed by atoms with Crippen LogP contribution in [0.2, 0.25) is 0 Å². The minimum absolute atomic E-state index is 0.579. The molecule has 3 aromatic heterocycles. The predicted molar refractivity (Wildman–Crippen MR) is 229 cm³/mol. The molecule has 262 valence electrons. The van der Waals surface area contributed by atoms with Gasteiger partial charge in [-0.15, -0.1) is 0 Å². The summed E-state index contributed by atoms with van der Waals surface area (Å²) in [5.41, 5.74) is 12.1. The Bertz CT molecular complexity index is 3190. The van der Waals surface area contributed by atoms with E-state index in [-0.39, 0.29) is 0 Å². The molecule has 3 heterocycles. The van der Waals surface area contributed by atoms with Crippen molar-refractivity contribution in [2.75, 3.05) is 0 Å². The summed E-state index contributed by atoms with van der Waals surface area (Å²) in [5.74, 6) is 1.80. The largest absolute Gasteiger partial charge is 0.456 e. The van der Waals surface area contributed by atoms with Crippen LogP contribution < -0.4 is 0 Å². The first-order valence-electron chi connectivity index (χ1n) is 18.8. The Morgan fingerprint density at radius 1 is 0.339 bits per heavy atom. The third kappa shape index (κ3) is 5.37. The molecule has 0 saturated heterocycles. The highest BCUT2D eigenvalue weighted by Crippen LogP contribution is 2.42. The summed E-state index contributed by atoms with van der Waals surface area (Å²) in [6.07, 6.45) is 0. The van der Waals surface area contributed by atoms with Crippen LogP contribution in [0.15, 0.2) is 199 Å². The average molecular weight is 717 g/mol. The van der Waals surface area contributed by atoms with Gasteiger partial charge in [-0.2, -0.15) is 0 Å². The van der Waals surface area contributed by atoms with Gasteiger partial charge in [0.25, 0.3) is 0 Å². The maximum atomic E-state index is 6.85. The number of para-hydroxylation sites is 2. The molecule has 5 heteroatoms. The monoisotopic (exact) mass is 716 g/mol. The second-order valence-corrected chi connectivity index (χ2v) is 14.0. The van der Waals surface area contributed by atoms with Crippen LogP contribution in [0.4, 0.5) is 0 Å². The van der Waals surface area contributed by atoms with Crippen molar-refractivity contribution in [1.29, 1.82) is 0 Å². The zero-order valence-corrected chi connectivity index (χ0v) is 30.2. The van der Waals surface area contributed by atoms with E-state index < -0.39 is 0 Å². The van der Waals surface area contributed by atoms with Gasteiger partial charge in [0.05, 0.1) is 16.7 Å². The summed E-state index contributed by atoms with van der Waals surface area (Å²) in [7, 11) is 0. The first-order valence-corrected chi connectivity index (χ1v) is 18.8. The lowest BCUT2D eigenvalue weighted by Gasteiger charge is -2.12. The standard InChI is InChI=1S/C51H32N4O/c1-4-15-33(16-5-1)36-21-14-22-37(29-36)50-52-49(35-19-8-3-9-20-35)53-51(54-50)38-27-28-42-46(30-38)56-47-32-39(31-43(48(42)47)34-17-6-2-7-18-34)55-44-25-12-10-23-40(44)41-24-11-13-26-45(41)55/h1-32H. The van der Waals surface area contributed by atoms with E-state index in [1.165, 1.54) is 10.8 Å². The van der Waals surface area contributed by atoms with Crippen LogP contribution >= 0.6 is 0 Å². The Labute approximate surface area is 322 Å². The third-order valence-electron chi connectivity index (χ3n) is 10.6. The van der Waals surface area contributed by atoms with Crippen LogP contribution in [-0.2, 0) is 0 Å². The molecule has 5 nitrogen and oxygen atoms in total. The molecule has 0 unspecified atom stereocenters. The second-order valence-electron chi connectivity index (χ2n) is 14.0. The van der Waals surface area contributed by atoms with Gasteiger partial charge < -0.3 is 8.98 Å². The summed E-state index contributed by atoms with van der Waals surface area (Å²) in [6, 6.07) is 67.4. The van der Waals surface area contributed by atoms with Gasteiger partial charge in [-0.25, -0.2) is 15.0 Å². The molecule has 0 aliphatic carbocycles. The summed E-state index contributed by atoms with van der Waals surface area (Å²) in [4.78, 5) is 15.1. The van der Waals surface area contributed by atoms with Crippen molar-refractivity contribution >= 4 is 43.7 Å². The molecule has 0 aliphatic rings. The molecule has 56 heavy (non-hydrogen) atoms. The highest BCUT2D eigenvalue weighted by atomic mass is 16.3. The normalized spacial score (nSPS) is 11.6. The van der Waals surface area contributed by atoms with E-state index in [0.717, 1.165) is 77.6 Å². The average Bonchev–Trinajstić information content (AvgIpc) is 3.82. The minimum Gasteiger partial charge on any atom is -0.456 e. The number of furan rings is 1. The van der Waals surface area contributed by atoms with Gasteiger partial charge in [-0.1, -0.05) is 152 Å². The van der Waals surface area contributed by atoms with Gasteiger partial charge in [0, 0.05) is 44.3 Å². The molecule has 0 bridgehead atoms. The highest BCUT2D eigenvalue weighted by Gasteiger charge is 2.20. The molecule has 0 radical (unpaired) electrons. The quantitative estimate of drug-likeness (QED) is 0.172. The summed E-state index contributed by atoms with van der Waals surface area (Å²) in [6.45, 7) is 0. The van der Waals surface area contributed by atoms with E-state index in [2.05, 4.69) is 162 Å². The number of nitrogens with zero attached hydrogens (tertiary/aromatic N) is 4. The second kappa shape index (κ2) is 13.0. The van der Waals surface area contributed by atoms with Gasteiger partial charge in [0.1, 0.15) is 11.2 Å². The molecule has 0 aliphatic heterocycles. The van der Waals surface area contributed by atoms with Crippen LogP contribution in [0, 0.1) is 0 Å². The van der Waals surface area contributed by atoms with E-state index in [9.17, 15) is 0 Å². The lowest BCUT2D eigenvalue weighted by Crippen LogP contribution is -2.00. The minimum atomic E-state index is 0.579. The molecule has 11 aromatic rings. The molecule has 0 saturated carbocycles. The summed E-state index contributed by atoms with van der Waals surface area (Å²) >= 11 is 0. The number of aromatic nitrogens is 4. The molecule has 0 spiro atoms. The van der Waals surface area contributed by atoms with Gasteiger partial charge in [-0.05, 0) is 58.7 Å². The number of rotatable bonds is 6. The fourth-order valence-electron chi connectivity index (χ4n) is 8.02. The molecule has 8 aromatic carbocycles. The Hall–Kier alpha value is -7.63. The van der Waals surface area contributed by atoms with Gasteiger partial charge >= 0.3 is 0 Å². The number of benzene rings is 8. The molecule has 11 rings (SSSR count). The molecular weight excluding hydrogens is 685 g/mol. The Balaban J connectivity index is 1.11. The molecule has 0 N–H and O–H groups in total. The first-order chi connectivity index (χ1) is 27.7. The lowest BCUT2D eigenvalue weighted by molar-refractivity contribution is 0.669. The molecule has 0 amide bonds. The van der Waals surface area contributed by atoms with Crippen LogP contribution in [0.25, 0.3) is 106 Å². The fraction of sp³-hybridized carbons (Fsp3) is 0. The Morgan fingerprint density at radius 3 is 1.52 bits per heavy atom. The van der Waals surface area contributed by atoms with E-state index in [0.29, 0.717) is 17.5 Å². The van der Waals surface area contributed by atoms with Crippen molar-refractivity contribution in [2.45, 2.75) is 0 Å². The predicted octanol–water partition coefficient (Wildman–Crippen LogP) is 13.2. The maximum Gasteiger partial charge on any atom is 0.164 e. The maximum absolute atomic E-state index is 6.85. The smallest absolute Gasteiger partial charge is 0.164 e. The SMILES string of the molecule is c1ccc(-c2cccc(-c3nc(-c4ccccc4)nc(-c4ccc5c(c4)oc4cc(-n6c7ccccc7c7ccccc76)cc(-c6ccccc6)c45)n3)c2)cc1. The van der Waals surface area contributed by atoms with Gasteiger partial charge in [0.15, 0.2) is 17.5 Å². The van der Waals surface area contributed by atoms with Crippen LogP contribution in [-0.4, -0.2) is 19.5 Å². The van der Waals surface area contributed by atoms with E-state index in [1.807, 2.05) is 36.4 Å². The third-order valence-corrected chi connectivity index (χ3v) is 10.6. The molecular formula is C51H32N4O. The topological polar surface area (TPSA) is 56.7 Å². The summed E-state index contributed by atoms with van der Waals surface area (Å²) < 4.78 is 9.20. The summed E-state index contributed by atoms with van der Waals surface area (Å²) in [5, 5.41) is 4.54. The first kappa shape index (κ1) is 31.9. The van der Waals surface area contributed by atoms with Crippen LogP contribution in [0.5, 0.6) is 0 Å². The zero-order valence-electron chi connectivity index (χ0n) is 30.2. The van der Waals surface area contributed by atoms with Crippen molar-refractivity contribution in [1.82, 2.24) is 19.5 Å². The molecule has 0 fully saturated rings. The van der Waals surface area contributed by atoms with Crippen molar-refractivity contribution < 1.29 is 4.42 Å². The van der Waals surface area contributed by atoms with Crippen molar-refractivity contribution in [3.05, 3.63) is 194 Å². The zero-order chi connectivity index (χ0) is 37.0. The van der Waals surface area contributed by atoms with Crippen molar-refractivity contribution in [2.24, 2.45) is 0 Å². The van der Waals surface area contributed by atoms with Crippen molar-refractivity contribution in [3.8, 4) is 62.1 Å². The van der Waals surface area contributed by atoms with E-state index in [1.54, 1.807) is 0 Å². The van der Waals surface area contributed by atoms with E-state index >= 15 is 0 Å². The van der Waals surface area contributed by atoms with Gasteiger partial charge in [0.2, 0.25) is 0 Å². The number of fused-ring (bicyclic) bond motifs is 6. The lowest BCUT2D eigenvalue weighted by atomic mass is 9.98. The van der Waals surface area contributed by atoms with Crippen molar-refractivity contribution in [3.63, 3.8) is 0 Å². The fourth-order valence-corrected chi connectivity index (χ4v) is 8.02. The van der Waals surface area contributed by atoms with Crippen LogP contribution in [0.1, 0.15) is 0 Å². The number of hydrogen-bond acceptors (Lipinski definition) is 4. The molecule has 0 atom stereocenters. The number of hydrogen-bond donors (Lipinski definition) is 0. The van der Waals surface area contributed by atoms with Gasteiger partial charge in [-0.3, -0.25) is 0 Å².